The summed E-state index contributed by atoms with van der Waals surface area (Å²) in [6, 6.07) is 63.9. The second-order valence-electron chi connectivity index (χ2n) is 14.4. The van der Waals surface area contributed by atoms with Crippen molar-refractivity contribution >= 4 is 75.3 Å². The van der Waals surface area contributed by atoms with E-state index in [0.29, 0.717) is 17.5 Å². The molecule has 0 unspecified atom stereocenters. The van der Waals surface area contributed by atoms with Gasteiger partial charge in [0.1, 0.15) is 11.2 Å². The van der Waals surface area contributed by atoms with Crippen LogP contribution in [0.3, 0.4) is 0 Å². The van der Waals surface area contributed by atoms with Gasteiger partial charge < -0.3 is 8.98 Å². The van der Waals surface area contributed by atoms with Crippen LogP contribution in [-0.2, 0) is 0 Å². The highest BCUT2D eigenvalue weighted by Gasteiger charge is 2.19. The molecule has 5 nitrogen and oxygen atoms in total. The fourth-order valence-electron chi connectivity index (χ4n) is 8.41. The summed E-state index contributed by atoms with van der Waals surface area (Å²) in [7, 11) is 0. The van der Waals surface area contributed by atoms with Crippen LogP contribution in [0, 0.1) is 0 Å². The lowest BCUT2D eigenvalue weighted by Gasteiger charge is -2.09. The van der Waals surface area contributed by atoms with Crippen LogP contribution in [0.2, 0.25) is 0 Å². The van der Waals surface area contributed by atoms with Crippen molar-refractivity contribution in [1.82, 2.24) is 19.5 Å². The van der Waals surface area contributed by atoms with Crippen molar-refractivity contribution in [2.24, 2.45) is 0 Å². The standard InChI is InChI=1S/C51H30N4OS/c1-3-12-31(13-4-1)49-52-50(54-51(53-49)34-22-25-38-37-16-8-10-21-46(37)57-47(38)30-34)33-24-27-45-41(29-33)40-28-32(23-26-44(40)56-45)36-18-11-20-43-48(36)39-17-7-9-19-42(39)55(43)35-14-5-2-6-15-35/h1-30H. The largest absolute Gasteiger partial charge is 0.456 e. The molecule has 266 valence electrons. The molecule has 0 radical (unpaired) electrons. The van der Waals surface area contributed by atoms with Gasteiger partial charge in [0.2, 0.25) is 0 Å². The van der Waals surface area contributed by atoms with Crippen molar-refractivity contribution in [3.8, 4) is 51.0 Å². The van der Waals surface area contributed by atoms with Crippen LogP contribution in [-0.4, -0.2) is 19.5 Å². The quantitative estimate of drug-likeness (QED) is 0.176. The lowest BCUT2D eigenvalue weighted by Crippen LogP contribution is -2.00. The van der Waals surface area contributed by atoms with Gasteiger partial charge in [0, 0.05) is 64.1 Å². The smallest absolute Gasteiger partial charge is 0.164 e. The number of furan rings is 1. The molecule has 57 heavy (non-hydrogen) atoms. The second kappa shape index (κ2) is 12.6. The Morgan fingerprint density at radius 3 is 1.75 bits per heavy atom. The Morgan fingerprint density at radius 1 is 0.386 bits per heavy atom. The maximum absolute atomic E-state index is 6.45. The van der Waals surface area contributed by atoms with Crippen LogP contribution in [0.25, 0.3) is 115 Å². The number of hydrogen-bond acceptors (Lipinski definition) is 5. The van der Waals surface area contributed by atoms with Crippen molar-refractivity contribution < 1.29 is 4.42 Å². The van der Waals surface area contributed by atoms with E-state index in [1.807, 2.05) is 42.5 Å². The van der Waals surface area contributed by atoms with E-state index in [9.17, 15) is 0 Å². The monoisotopic (exact) mass is 746 g/mol. The molecule has 0 aliphatic rings. The van der Waals surface area contributed by atoms with Gasteiger partial charge >= 0.3 is 0 Å². The highest BCUT2D eigenvalue weighted by Crippen LogP contribution is 2.41. The average molecular weight is 747 g/mol. The zero-order valence-corrected chi connectivity index (χ0v) is 31.2. The Kier molecular flexibility index (Phi) is 7.03. The minimum Gasteiger partial charge on any atom is -0.456 e. The highest BCUT2D eigenvalue weighted by atomic mass is 32.1. The number of rotatable bonds is 5. The predicted molar refractivity (Wildman–Crippen MR) is 236 cm³/mol. The molecular formula is C51H30N4OS. The summed E-state index contributed by atoms with van der Waals surface area (Å²) in [5.74, 6) is 1.89. The van der Waals surface area contributed by atoms with E-state index in [-0.39, 0.29) is 0 Å². The summed E-state index contributed by atoms with van der Waals surface area (Å²) in [6.45, 7) is 0. The Balaban J connectivity index is 1.02. The first-order valence-corrected chi connectivity index (χ1v) is 19.8. The number of fused-ring (bicyclic) bond motifs is 9. The number of nitrogens with zero attached hydrogens (tertiary/aromatic N) is 4. The molecule has 0 saturated heterocycles. The molecule has 0 atom stereocenters. The molecule has 0 aliphatic carbocycles. The lowest BCUT2D eigenvalue weighted by atomic mass is 9.97. The third-order valence-electron chi connectivity index (χ3n) is 11.1. The van der Waals surface area contributed by atoms with Crippen molar-refractivity contribution in [3.63, 3.8) is 0 Å². The SMILES string of the molecule is c1ccc(-c2nc(-c3ccc4c(c3)sc3ccccc34)nc(-c3ccc4oc5ccc(-c6cccc7c6c6ccccc6n7-c6ccccc6)cc5c4c3)n2)cc1. The van der Waals surface area contributed by atoms with Gasteiger partial charge in [0.05, 0.1) is 11.0 Å². The molecule has 0 amide bonds. The molecule has 6 heteroatoms. The van der Waals surface area contributed by atoms with Crippen molar-refractivity contribution in [1.29, 1.82) is 0 Å². The van der Waals surface area contributed by atoms with Gasteiger partial charge in [-0.3, -0.25) is 0 Å². The molecule has 0 N–H and O–H groups in total. The topological polar surface area (TPSA) is 56.7 Å². The van der Waals surface area contributed by atoms with E-state index < -0.39 is 0 Å². The van der Waals surface area contributed by atoms with E-state index >= 15 is 0 Å². The fourth-order valence-corrected chi connectivity index (χ4v) is 9.56. The number of thiophene rings is 1. The van der Waals surface area contributed by atoms with Crippen molar-refractivity contribution in [3.05, 3.63) is 182 Å². The van der Waals surface area contributed by atoms with Crippen LogP contribution in [0.15, 0.2) is 186 Å². The number of aromatic nitrogens is 4. The number of hydrogen-bond donors (Lipinski definition) is 0. The highest BCUT2D eigenvalue weighted by molar-refractivity contribution is 7.25. The van der Waals surface area contributed by atoms with E-state index in [1.165, 1.54) is 47.5 Å². The first-order chi connectivity index (χ1) is 28.2. The third-order valence-corrected chi connectivity index (χ3v) is 12.2. The zero-order chi connectivity index (χ0) is 37.5. The molecule has 8 aromatic carbocycles. The summed E-state index contributed by atoms with van der Waals surface area (Å²) in [5, 5.41) is 7.01. The van der Waals surface area contributed by atoms with Crippen molar-refractivity contribution in [2.45, 2.75) is 0 Å². The predicted octanol–water partition coefficient (Wildman–Crippen LogP) is 13.9. The third kappa shape index (κ3) is 5.12. The first-order valence-electron chi connectivity index (χ1n) is 19.0. The van der Waals surface area contributed by atoms with Gasteiger partial charge in [-0.25, -0.2) is 15.0 Å². The zero-order valence-electron chi connectivity index (χ0n) is 30.4. The van der Waals surface area contributed by atoms with Crippen LogP contribution >= 0.6 is 11.3 Å². The molecule has 0 bridgehead atoms. The van der Waals surface area contributed by atoms with E-state index in [1.54, 1.807) is 11.3 Å². The van der Waals surface area contributed by atoms with E-state index in [0.717, 1.165) is 49.9 Å². The molecule has 12 rings (SSSR count). The maximum Gasteiger partial charge on any atom is 0.164 e. The summed E-state index contributed by atoms with van der Waals surface area (Å²) in [5.41, 5.74) is 10.2. The number of benzene rings is 8. The van der Waals surface area contributed by atoms with Crippen molar-refractivity contribution in [2.75, 3.05) is 0 Å². The molecule has 0 spiro atoms. The van der Waals surface area contributed by atoms with Crippen LogP contribution in [0.4, 0.5) is 0 Å². The Morgan fingerprint density at radius 2 is 0.965 bits per heavy atom. The molecule has 4 aromatic heterocycles. The molecule has 0 aliphatic heterocycles. The summed E-state index contributed by atoms with van der Waals surface area (Å²) < 4.78 is 11.3. The molecule has 0 saturated carbocycles. The Bertz CT molecular complexity index is 3530. The average Bonchev–Trinajstić information content (AvgIpc) is 3.95. The molecular weight excluding hydrogens is 717 g/mol. The van der Waals surface area contributed by atoms with E-state index in [4.69, 9.17) is 19.4 Å². The van der Waals surface area contributed by atoms with Gasteiger partial charge in [-0.1, -0.05) is 115 Å². The first kappa shape index (κ1) is 31.9. The van der Waals surface area contributed by atoms with Gasteiger partial charge in [-0.05, 0) is 77.9 Å². The van der Waals surface area contributed by atoms with Gasteiger partial charge in [0.15, 0.2) is 17.5 Å². The minimum absolute atomic E-state index is 0.612. The molecule has 4 heterocycles. The molecule has 0 fully saturated rings. The second-order valence-corrected chi connectivity index (χ2v) is 15.5. The van der Waals surface area contributed by atoms with Gasteiger partial charge in [-0.2, -0.15) is 0 Å². The van der Waals surface area contributed by atoms with Crippen LogP contribution in [0.5, 0.6) is 0 Å². The maximum atomic E-state index is 6.45. The summed E-state index contributed by atoms with van der Waals surface area (Å²) in [4.78, 5) is 15.2. The summed E-state index contributed by atoms with van der Waals surface area (Å²) >= 11 is 1.79. The Hall–Kier alpha value is -7.41. The normalized spacial score (nSPS) is 11.9. The van der Waals surface area contributed by atoms with E-state index in [2.05, 4.69) is 144 Å². The minimum atomic E-state index is 0.612. The van der Waals surface area contributed by atoms with Gasteiger partial charge in [-0.15, -0.1) is 11.3 Å². The van der Waals surface area contributed by atoms with Crippen LogP contribution in [0.1, 0.15) is 0 Å². The molecule has 12 aromatic rings. The van der Waals surface area contributed by atoms with Gasteiger partial charge in [0.25, 0.3) is 0 Å². The van der Waals surface area contributed by atoms with Crippen LogP contribution < -0.4 is 0 Å². The number of para-hydroxylation sites is 2. The lowest BCUT2D eigenvalue weighted by molar-refractivity contribution is 0.669. The summed E-state index contributed by atoms with van der Waals surface area (Å²) in [6.07, 6.45) is 0. The fraction of sp³-hybridized carbons (Fsp3) is 0. The Labute approximate surface area is 330 Å².